The monoisotopic (exact) mass is 260 g/mol. The van der Waals surface area contributed by atoms with Crippen molar-refractivity contribution in [3.05, 3.63) is 61.2 Å². The van der Waals surface area contributed by atoms with E-state index in [0.29, 0.717) is 13.0 Å². The largest absolute Gasteiger partial charge is 0.388 e. The van der Waals surface area contributed by atoms with Crippen LogP contribution >= 0.6 is 0 Å². The lowest BCUT2D eigenvalue weighted by atomic mass is 10.1. The van der Waals surface area contributed by atoms with Gasteiger partial charge in [-0.25, -0.2) is 0 Å². The zero-order valence-corrected chi connectivity index (χ0v) is 10.9. The van der Waals surface area contributed by atoms with E-state index in [-0.39, 0.29) is 18.3 Å². The molecule has 0 aliphatic carbocycles. The molecule has 1 saturated heterocycles. The first-order valence-corrected chi connectivity index (χ1v) is 6.48. The highest BCUT2D eigenvalue weighted by molar-refractivity contribution is 5.13. The molecule has 0 radical (unpaired) electrons. The van der Waals surface area contributed by atoms with E-state index in [1.165, 1.54) is 0 Å². The molecule has 1 fully saturated rings. The van der Waals surface area contributed by atoms with Crippen LogP contribution in [-0.2, 0) is 16.1 Å². The number of hydrogen-bond acceptors (Lipinski definition) is 3. The van der Waals surface area contributed by atoms with Gasteiger partial charge in [-0.3, -0.25) is 0 Å². The third kappa shape index (κ3) is 3.32. The summed E-state index contributed by atoms with van der Waals surface area (Å²) in [4.78, 5) is 0. The second-order valence-electron chi connectivity index (χ2n) is 4.65. The lowest BCUT2D eigenvalue weighted by molar-refractivity contribution is -0.0350. The van der Waals surface area contributed by atoms with Gasteiger partial charge in [-0.2, -0.15) is 0 Å². The van der Waals surface area contributed by atoms with Gasteiger partial charge in [-0.1, -0.05) is 42.5 Å². The topological polar surface area (TPSA) is 38.7 Å². The summed E-state index contributed by atoms with van der Waals surface area (Å²) in [5.74, 6) is 0. The minimum absolute atomic E-state index is 0.263. The van der Waals surface area contributed by atoms with Gasteiger partial charge in [0, 0.05) is 0 Å². The zero-order valence-electron chi connectivity index (χ0n) is 10.9. The number of ether oxygens (including phenoxy) is 2. The Hall–Kier alpha value is -1.42. The molecule has 19 heavy (non-hydrogen) atoms. The Bertz CT molecular complexity index is 415. The molecule has 3 heteroatoms. The van der Waals surface area contributed by atoms with Crippen molar-refractivity contribution in [3.8, 4) is 0 Å². The lowest BCUT2D eigenvalue weighted by Gasteiger charge is -2.19. The van der Waals surface area contributed by atoms with Crippen molar-refractivity contribution < 1.29 is 14.6 Å². The van der Waals surface area contributed by atoms with Crippen LogP contribution in [0.15, 0.2) is 55.6 Å². The molecule has 0 bridgehead atoms. The maximum absolute atomic E-state index is 10.2. The molecule has 1 N–H and O–H groups in total. The fraction of sp³-hybridized carbons (Fsp3) is 0.375. The highest BCUT2D eigenvalue weighted by atomic mass is 16.6. The van der Waals surface area contributed by atoms with Crippen LogP contribution in [0.4, 0.5) is 0 Å². The first-order valence-electron chi connectivity index (χ1n) is 6.48. The first kappa shape index (κ1) is 14.0. The maximum atomic E-state index is 10.2. The van der Waals surface area contributed by atoms with Crippen LogP contribution in [0, 0.1) is 0 Å². The Morgan fingerprint density at radius 3 is 2.63 bits per heavy atom. The minimum Gasteiger partial charge on any atom is -0.388 e. The van der Waals surface area contributed by atoms with Gasteiger partial charge in [0.05, 0.1) is 12.7 Å². The molecular weight excluding hydrogens is 240 g/mol. The average molecular weight is 260 g/mol. The Labute approximate surface area is 114 Å². The summed E-state index contributed by atoms with van der Waals surface area (Å²) in [6, 6.07) is 9.87. The first-order chi connectivity index (χ1) is 9.26. The maximum Gasteiger partial charge on any atom is 0.116 e. The van der Waals surface area contributed by atoms with Gasteiger partial charge < -0.3 is 14.6 Å². The van der Waals surface area contributed by atoms with E-state index in [1.54, 1.807) is 12.2 Å². The van der Waals surface area contributed by atoms with E-state index >= 15 is 0 Å². The van der Waals surface area contributed by atoms with E-state index in [9.17, 15) is 5.11 Å². The predicted molar refractivity (Wildman–Crippen MR) is 74.7 cm³/mol. The van der Waals surface area contributed by atoms with E-state index in [4.69, 9.17) is 9.47 Å². The quantitative estimate of drug-likeness (QED) is 0.799. The van der Waals surface area contributed by atoms with Gasteiger partial charge >= 0.3 is 0 Å². The molecule has 1 aliphatic heterocycles. The summed E-state index contributed by atoms with van der Waals surface area (Å²) in [6.07, 6.45) is 2.48. The Morgan fingerprint density at radius 2 is 2.00 bits per heavy atom. The number of benzene rings is 1. The standard InChI is InChI=1S/C16H20O3/c1-3-8-14-15(17)16(13(4-2)19-14)18-11-12-9-6-5-7-10-12/h3-7,9-10,13-17H,1-2,8,11H2/t13-,14+,15+,16+/m1/s1. The Balaban J connectivity index is 1.97. The van der Waals surface area contributed by atoms with Crippen molar-refractivity contribution in [2.45, 2.75) is 37.4 Å². The highest BCUT2D eigenvalue weighted by Gasteiger charge is 2.42. The van der Waals surface area contributed by atoms with E-state index < -0.39 is 6.10 Å². The number of aliphatic hydroxyl groups is 1. The molecule has 1 aliphatic rings. The molecular formula is C16H20O3. The van der Waals surface area contributed by atoms with Crippen LogP contribution in [0.1, 0.15) is 12.0 Å². The summed E-state index contributed by atoms with van der Waals surface area (Å²) < 4.78 is 11.5. The molecule has 0 spiro atoms. The molecule has 0 saturated carbocycles. The number of aliphatic hydroxyl groups excluding tert-OH is 1. The number of rotatable bonds is 6. The molecule has 0 unspecified atom stereocenters. The van der Waals surface area contributed by atoms with Crippen LogP contribution in [0.5, 0.6) is 0 Å². The summed E-state index contributed by atoms with van der Waals surface area (Å²) in [7, 11) is 0. The average Bonchev–Trinajstić information content (AvgIpc) is 2.74. The number of hydrogen-bond donors (Lipinski definition) is 1. The Morgan fingerprint density at radius 1 is 1.26 bits per heavy atom. The molecule has 1 heterocycles. The lowest BCUT2D eigenvalue weighted by Crippen LogP contribution is -2.34. The minimum atomic E-state index is -0.648. The van der Waals surface area contributed by atoms with Crippen molar-refractivity contribution >= 4 is 0 Å². The highest BCUT2D eigenvalue weighted by Crippen LogP contribution is 2.27. The molecule has 3 nitrogen and oxygen atoms in total. The van der Waals surface area contributed by atoms with E-state index in [1.807, 2.05) is 30.3 Å². The fourth-order valence-electron chi connectivity index (χ4n) is 2.27. The van der Waals surface area contributed by atoms with Crippen molar-refractivity contribution in [2.24, 2.45) is 0 Å². The molecule has 102 valence electrons. The molecule has 0 amide bonds. The summed E-state index contributed by atoms with van der Waals surface area (Å²) >= 11 is 0. The van der Waals surface area contributed by atoms with E-state index in [2.05, 4.69) is 13.2 Å². The van der Waals surface area contributed by atoms with Crippen LogP contribution in [0.2, 0.25) is 0 Å². The van der Waals surface area contributed by atoms with Gasteiger partial charge in [-0.15, -0.1) is 13.2 Å². The second-order valence-corrected chi connectivity index (χ2v) is 4.65. The molecule has 1 aromatic carbocycles. The zero-order chi connectivity index (χ0) is 13.7. The predicted octanol–water partition coefficient (Wildman–Crippen LogP) is 2.46. The Kier molecular flexibility index (Phi) is 4.91. The van der Waals surface area contributed by atoms with Gasteiger partial charge in [0.2, 0.25) is 0 Å². The van der Waals surface area contributed by atoms with Crippen molar-refractivity contribution in [1.82, 2.24) is 0 Å². The van der Waals surface area contributed by atoms with Crippen molar-refractivity contribution in [2.75, 3.05) is 0 Å². The summed E-state index contributed by atoms with van der Waals surface area (Å²) in [5.41, 5.74) is 1.07. The van der Waals surface area contributed by atoms with Gasteiger partial charge in [0.15, 0.2) is 0 Å². The fourth-order valence-corrected chi connectivity index (χ4v) is 2.27. The van der Waals surface area contributed by atoms with Crippen molar-refractivity contribution in [3.63, 3.8) is 0 Å². The van der Waals surface area contributed by atoms with Gasteiger partial charge in [0.1, 0.15) is 18.3 Å². The second kappa shape index (κ2) is 6.66. The molecule has 1 aromatic rings. The van der Waals surface area contributed by atoms with Crippen LogP contribution < -0.4 is 0 Å². The third-order valence-electron chi connectivity index (χ3n) is 3.29. The molecule has 2 rings (SSSR count). The smallest absolute Gasteiger partial charge is 0.116 e. The van der Waals surface area contributed by atoms with Crippen LogP contribution in [-0.4, -0.2) is 29.5 Å². The van der Waals surface area contributed by atoms with Gasteiger partial charge in [-0.05, 0) is 12.0 Å². The van der Waals surface area contributed by atoms with Crippen molar-refractivity contribution in [1.29, 1.82) is 0 Å². The van der Waals surface area contributed by atoms with E-state index in [0.717, 1.165) is 5.56 Å². The molecule has 0 aromatic heterocycles. The van der Waals surface area contributed by atoms with Crippen LogP contribution in [0.3, 0.4) is 0 Å². The summed E-state index contributed by atoms with van der Waals surface area (Å²) in [6.45, 7) is 7.86. The normalized spacial score (nSPS) is 30.2. The van der Waals surface area contributed by atoms with Crippen LogP contribution in [0.25, 0.3) is 0 Å². The van der Waals surface area contributed by atoms with Gasteiger partial charge in [0.25, 0.3) is 0 Å². The molecule has 4 atom stereocenters. The third-order valence-corrected chi connectivity index (χ3v) is 3.29. The summed E-state index contributed by atoms with van der Waals surface area (Å²) in [5, 5.41) is 10.2. The SMILES string of the molecule is C=CC[C@@H]1O[C@H](C=C)[C@H](OCc2ccccc2)[C@H]1O.